The van der Waals surface area contributed by atoms with Crippen LogP contribution in [0.5, 0.6) is 0 Å². The summed E-state index contributed by atoms with van der Waals surface area (Å²) in [4.78, 5) is 15.6. The van der Waals surface area contributed by atoms with E-state index in [2.05, 4.69) is 14.4 Å². The third-order valence-electron chi connectivity index (χ3n) is 2.78. The molecule has 114 valence electrons. The molecule has 2 aromatic rings. The van der Waals surface area contributed by atoms with Crippen LogP contribution in [0.15, 0.2) is 29.0 Å². The lowest BCUT2D eigenvalue weighted by molar-refractivity contribution is 0.0602. The molecule has 0 radical (unpaired) electrons. The fourth-order valence-electron chi connectivity index (χ4n) is 1.80. The molecule has 0 aromatic carbocycles. The molecule has 0 fully saturated rings. The molecule has 2 rings (SSSR count). The van der Waals surface area contributed by atoms with Crippen molar-refractivity contribution in [2.45, 2.75) is 18.4 Å². The smallest absolute Gasteiger partial charge is 0.349 e. The van der Waals surface area contributed by atoms with Crippen molar-refractivity contribution >= 4 is 27.3 Å². The molecular formula is C12H15N3O4S2. The molecule has 0 saturated carbocycles. The maximum absolute atomic E-state index is 12.3. The minimum atomic E-state index is -3.76. The van der Waals surface area contributed by atoms with Crippen molar-refractivity contribution in [3.05, 3.63) is 34.5 Å². The Kier molecular flexibility index (Phi) is 4.76. The van der Waals surface area contributed by atoms with Crippen molar-refractivity contribution in [2.75, 3.05) is 13.7 Å². The zero-order valence-electron chi connectivity index (χ0n) is 11.6. The van der Waals surface area contributed by atoms with Gasteiger partial charge in [0.1, 0.15) is 9.77 Å². The number of carbonyl (C=O) groups is 1. The van der Waals surface area contributed by atoms with Crippen LogP contribution in [-0.4, -0.2) is 37.6 Å². The standard InChI is InChI=1S/C12H15N3O4S2/c1-9-7-20-10(12(16)19-2)11(9)21(17,18)14-4-6-15-5-3-13-8-15/h3,5,7-8,14H,4,6H2,1-2H3. The molecule has 0 bridgehead atoms. The number of imidazole rings is 1. The first kappa shape index (κ1) is 15.7. The van der Waals surface area contributed by atoms with E-state index in [0.29, 0.717) is 12.1 Å². The largest absolute Gasteiger partial charge is 0.465 e. The number of methoxy groups -OCH3 is 1. The monoisotopic (exact) mass is 329 g/mol. The van der Waals surface area contributed by atoms with E-state index in [1.807, 2.05) is 0 Å². The maximum Gasteiger partial charge on any atom is 0.349 e. The predicted molar refractivity (Wildman–Crippen MR) is 77.8 cm³/mol. The van der Waals surface area contributed by atoms with Crippen LogP contribution in [0, 0.1) is 6.92 Å². The third kappa shape index (κ3) is 3.49. The highest BCUT2D eigenvalue weighted by atomic mass is 32.2. The Morgan fingerprint density at radius 3 is 2.90 bits per heavy atom. The maximum atomic E-state index is 12.3. The van der Waals surface area contributed by atoms with E-state index in [1.165, 1.54) is 7.11 Å². The van der Waals surface area contributed by atoms with Crippen LogP contribution in [0.1, 0.15) is 15.2 Å². The number of rotatable bonds is 6. The first-order chi connectivity index (χ1) is 9.95. The summed E-state index contributed by atoms with van der Waals surface area (Å²) in [6, 6.07) is 0. The van der Waals surface area contributed by atoms with Crippen LogP contribution < -0.4 is 4.72 Å². The molecule has 0 amide bonds. The quantitative estimate of drug-likeness (QED) is 0.799. The fourth-order valence-corrected chi connectivity index (χ4v) is 4.52. The van der Waals surface area contributed by atoms with Gasteiger partial charge in [-0.3, -0.25) is 0 Å². The summed E-state index contributed by atoms with van der Waals surface area (Å²) >= 11 is 1.06. The molecule has 0 aliphatic carbocycles. The van der Waals surface area contributed by atoms with Gasteiger partial charge < -0.3 is 9.30 Å². The van der Waals surface area contributed by atoms with E-state index in [4.69, 9.17) is 0 Å². The van der Waals surface area contributed by atoms with E-state index in [1.54, 1.807) is 35.6 Å². The van der Waals surface area contributed by atoms with E-state index in [9.17, 15) is 13.2 Å². The summed E-state index contributed by atoms with van der Waals surface area (Å²) in [7, 11) is -2.54. The number of aromatic nitrogens is 2. The fraction of sp³-hybridized carbons (Fsp3) is 0.333. The second kappa shape index (κ2) is 6.37. The minimum absolute atomic E-state index is 0.00928. The van der Waals surface area contributed by atoms with E-state index < -0.39 is 16.0 Å². The van der Waals surface area contributed by atoms with Crippen molar-refractivity contribution in [2.24, 2.45) is 0 Å². The molecule has 1 N–H and O–H groups in total. The molecule has 2 aromatic heterocycles. The van der Waals surface area contributed by atoms with Gasteiger partial charge in [0.05, 0.1) is 13.4 Å². The Morgan fingerprint density at radius 1 is 1.52 bits per heavy atom. The summed E-state index contributed by atoms with van der Waals surface area (Å²) in [5.41, 5.74) is 0.524. The summed E-state index contributed by atoms with van der Waals surface area (Å²) < 4.78 is 33.5. The predicted octanol–water partition coefficient (Wildman–Crippen LogP) is 1.02. The molecule has 0 unspecified atom stereocenters. The molecule has 0 aliphatic heterocycles. The van der Waals surface area contributed by atoms with E-state index >= 15 is 0 Å². The summed E-state index contributed by atoms with van der Waals surface area (Å²) in [6.07, 6.45) is 4.96. The van der Waals surface area contributed by atoms with Gasteiger partial charge in [0.25, 0.3) is 0 Å². The molecule has 21 heavy (non-hydrogen) atoms. The summed E-state index contributed by atoms with van der Waals surface area (Å²) in [5.74, 6) is -0.650. The van der Waals surface area contributed by atoms with Crippen molar-refractivity contribution < 1.29 is 17.9 Å². The van der Waals surface area contributed by atoms with Crippen molar-refractivity contribution in [3.63, 3.8) is 0 Å². The number of hydrogen-bond donors (Lipinski definition) is 1. The van der Waals surface area contributed by atoms with Gasteiger partial charge in [-0.05, 0) is 17.9 Å². The lowest BCUT2D eigenvalue weighted by atomic mass is 10.3. The zero-order valence-corrected chi connectivity index (χ0v) is 13.2. The number of carbonyl (C=O) groups excluding carboxylic acids is 1. The Balaban J connectivity index is 2.15. The van der Waals surface area contributed by atoms with Crippen molar-refractivity contribution in [3.8, 4) is 0 Å². The third-order valence-corrected chi connectivity index (χ3v) is 5.63. The van der Waals surface area contributed by atoms with Crippen molar-refractivity contribution in [1.82, 2.24) is 14.3 Å². The molecular weight excluding hydrogens is 314 g/mol. The van der Waals surface area contributed by atoms with Gasteiger partial charge in [-0.2, -0.15) is 0 Å². The number of thiophene rings is 1. The Labute approximate surface area is 126 Å². The van der Waals surface area contributed by atoms with Crippen LogP contribution >= 0.6 is 11.3 Å². The van der Waals surface area contributed by atoms with Crippen LogP contribution in [0.2, 0.25) is 0 Å². The highest BCUT2D eigenvalue weighted by molar-refractivity contribution is 7.89. The highest BCUT2D eigenvalue weighted by Crippen LogP contribution is 2.27. The van der Waals surface area contributed by atoms with Crippen LogP contribution in [0.25, 0.3) is 0 Å². The molecule has 0 spiro atoms. The van der Waals surface area contributed by atoms with Crippen LogP contribution in [0.4, 0.5) is 0 Å². The second-order valence-corrected chi connectivity index (χ2v) is 6.85. The topological polar surface area (TPSA) is 90.3 Å². The number of ether oxygens (including phenoxy) is 1. The Hall–Kier alpha value is -1.71. The first-order valence-electron chi connectivity index (χ1n) is 6.07. The number of hydrogen-bond acceptors (Lipinski definition) is 6. The van der Waals surface area contributed by atoms with Gasteiger partial charge >= 0.3 is 5.97 Å². The van der Waals surface area contributed by atoms with Crippen molar-refractivity contribution in [1.29, 1.82) is 0 Å². The van der Waals surface area contributed by atoms with E-state index in [0.717, 1.165) is 11.3 Å². The second-order valence-electron chi connectivity index (χ2n) is 4.27. The number of aryl methyl sites for hydroxylation is 1. The number of esters is 1. The molecule has 0 saturated heterocycles. The van der Waals surface area contributed by atoms with Gasteiger partial charge in [-0.15, -0.1) is 11.3 Å². The van der Waals surface area contributed by atoms with Crippen LogP contribution in [-0.2, 0) is 21.3 Å². The summed E-state index contributed by atoms with van der Waals surface area (Å²) in [5, 5.41) is 1.62. The molecule has 0 atom stereocenters. The lowest BCUT2D eigenvalue weighted by Gasteiger charge is -2.08. The normalized spacial score (nSPS) is 11.5. The highest BCUT2D eigenvalue weighted by Gasteiger charge is 2.27. The van der Waals surface area contributed by atoms with Gasteiger partial charge in [0.2, 0.25) is 10.0 Å². The molecule has 7 nitrogen and oxygen atoms in total. The first-order valence-corrected chi connectivity index (χ1v) is 8.44. The molecule has 9 heteroatoms. The molecule has 0 aliphatic rings. The lowest BCUT2D eigenvalue weighted by Crippen LogP contribution is -2.28. The van der Waals surface area contributed by atoms with Gasteiger partial charge in [0.15, 0.2) is 0 Å². The van der Waals surface area contributed by atoms with Gasteiger partial charge in [-0.25, -0.2) is 22.9 Å². The average Bonchev–Trinajstić information content (AvgIpc) is 3.07. The van der Waals surface area contributed by atoms with Gasteiger partial charge in [-0.1, -0.05) is 0 Å². The molecule has 2 heterocycles. The average molecular weight is 329 g/mol. The Bertz CT molecular complexity index is 720. The SMILES string of the molecule is COC(=O)c1scc(C)c1S(=O)(=O)NCCn1ccnc1. The zero-order chi connectivity index (χ0) is 15.5. The Morgan fingerprint density at radius 2 is 2.29 bits per heavy atom. The van der Waals surface area contributed by atoms with E-state index in [-0.39, 0.29) is 16.3 Å². The van der Waals surface area contributed by atoms with Gasteiger partial charge in [0, 0.05) is 25.5 Å². The minimum Gasteiger partial charge on any atom is -0.465 e. The number of nitrogens with one attached hydrogen (secondary N) is 1. The number of sulfonamides is 1. The number of nitrogens with zero attached hydrogens (tertiary/aromatic N) is 2. The summed E-state index contributed by atoms with van der Waals surface area (Å²) in [6.45, 7) is 2.30. The van der Waals surface area contributed by atoms with Crippen LogP contribution in [0.3, 0.4) is 0 Å².